The Morgan fingerprint density at radius 2 is 0.860 bits per heavy atom. The minimum absolute atomic E-state index is 0.0740. The molecule has 2 N–H and O–H groups in total. The average Bonchev–Trinajstić information content (AvgIpc) is 2.86. The van der Waals surface area contributed by atoms with Gasteiger partial charge in [0.2, 0.25) is 0 Å². The first-order valence-corrected chi connectivity index (χ1v) is 24.5. The number of carbonyl (C=O) groups excluding carboxylic acids is 2. The summed E-state index contributed by atoms with van der Waals surface area (Å²) in [6.07, 6.45) is 6.46. The van der Waals surface area contributed by atoms with Crippen molar-refractivity contribution in [3.63, 3.8) is 0 Å². The van der Waals surface area contributed by atoms with E-state index in [2.05, 4.69) is 0 Å². The highest BCUT2D eigenvalue weighted by atomic mass is 28.5. The van der Waals surface area contributed by atoms with Crippen molar-refractivity contribution < 1.29 is 46.4 Å². The van der Waals surface area contributed by atoms with Crippen molar-refractivity contribution >= 4 is 37.2 Å². The second-order valence-corrected chi connectivity index (χ2v) is 25.2. The van der Waals surface area contributed by atoms with Gasteiger partial charge in [0.15, 0.2) is 11.6 Å². The van der Waals surface area contributed by atoms with Crippen molar-refractivity contribution in [1.29, 1.82) is 0 Å². The Labute approximate surface area is 263 Å². The monoisotopic (exact) mass is 664 g/mol. The van der Waals surface area contributed by atoms with Gasteiger partial charge in [0.25, 0.3) is 0 Å². The molecule has 0 aromatic rings. The zero-order chi connectivity index (χ0) is 32.7. The van der Waals surface area contributed by atoms with Gasteiger partial charge in [-0.1, -0.05) is 0 Å². The summed E-state index contributed by atoms with van der Waals surface area (Å²) in [5.41, 5.74) is -2.55. The standard InChI is InChI=1S/C30H60O10Si3/c1-29(2,33)27(31)23-11-15-25(16-12-23)35-19-21-37-41(5,6)39-43(9,10)40-42(7,8)38-22-20-36-26-17-13-24(14-18-26)28(32)30(3,4)34/h23-26,33-34H,11-22H2,1-10H3. The molecule has 0 aromatic carbocycles. The van der Waals surface area contributed by atoms with Crippen LogP contribution in [0.5, 0.6) is 0 Å². The van der Waals surface area contributed by atoms with Gasteiger partial charge in [0.05, 0.1) is 38.6 Å². The Bertz CT molecular complexity index is 812. The highest BCUT2D eigenvalue weighted by Crippen LogP contribution is 2.31. The second kappa shape index (κ2) is 16.0. The molecule has 43 heavy (non-hydrogen) atoms. The zero-order valence-electron chi connectivity index (χ0n) is 28.5. The van der Waals surface area contributed by atoms with E-state index in [0.717, 1.165) is 51.4 Å². The molecule has 2 fully saturated rings. The third kappa shape index (κ3) is 14.3. The van der Waals surface area contributed by atoms with Crippen LogP contribution in [-0.2, 0) is 36.1 Å². The summed E-state index contributed by atoms with van der Waals surface area (Å²) in [7, 11) is -7.48. The van der Waals surface area contributed by atoms with Crippen molar-refractivity contribution in [2.45, 2.75) is 142 Å². The SMILES string of the molecule is CC(C)(O)C(=O)C1CCC(OCCO[Si](C)(C)O[Si](C)(C)O[Si](C)(C)OCCOC2CCC(C(=O)C(C)(C)O)CC2)CC1. The maximum atomic E-state index is 12.3. The molecule has 13 heteroatoms. The zero-order valence-corrected chi connectivity index (χ0v) is 31.5. The molecule has 0 spiro atoms. The number of ether oxygens (including phenoxy) is 2. The van der Waals surface area contributed by atoms with Gasteiger partial charge in [0, 0.05) is 11.8 Å². The molecule has 2 saturated carbocycles. The number of ketones is 2. The van der Waals surface area contributed by atoms with Gasteiger partial charge in [-0.15, -0.1) is 0 Å². The van der Waals surface area contributed by atoms with E-state index in [1.807, 2.05) is 39.3 Å². The molecule has 0 amide bonds. The normalized spacial score (nSPS) is 24.7. The van der Waals surface area contributed by atoms with Crippen molar-refractivity contribution in [3.05, 3.63) is 0 Å². The Morgan fingerprint density at radius 3 is 1.14 bits per heavy atom. The molecule has 2 rings (SSSR count). The largest absolute Gasteiger partial charge is 0.415 e. The lowest BCUT2D eigenvalue weighted by molar-refractivity contribution is -0.140. The van der Waals surface area contributed by atoms with E-state index in [1.165, 1.54) is 0 Å². The third-order valence-electron chi connectivity index (χ3n) is 8.05. The van der Waals surface area contributed by atoms with Gasteiger partial charge in [-0.05, 0) is 118 Å². The van der Waals surface area contributed by atoms with Crippen LogP contribution in [0.1, 0.15) is 79.1 Å². The molecule has 252 valence electrons. The van der Waals surface area contributed by atoms with E-state index in [-0.39, 0.29) is 35.6 Å². The molecule has 10 nitrogen and oxygen atoms in total. The highest BCUT2D eigenvalue weighted by Gasteiger charge is 2.42. The summed E-state index contributed by atoms with van der Waals surface area (Å²) in [6.45, 7) is 20.2. The van der Waals surface area contributed by atoms with Gasteiger partial charge < -0.3 is 36.8 Å². The van der Waals surface area contributed by atoms with E-state index in [9.17, 15) is 19.8 Å². The second-order valence-electron chi connectivity index (χ2n) is 14.6. The van der Waals surface area contributed by atoms with E-state index >= 15 is 0 Å². The summed E-state index contributed by atoms with van der Waals surface area (Å²) in [4.78, 5) is 24.6. The number of rotatable bonds is 18. The first-order chi connectivity index (χ1) is 19.6. The number of Topliss-reactive ketones (excluding diaryl/α,β-unsaturated/α-hetero) is 2. The van der Waals surface area contributed by atoms with E-state index in [4.69, 9.17) is 26.6 Å². The molecule has 0 aromatic heterocycles. The Hall–Kier alpha value is -0.329. The maximum Gasteiger partial charge on any atom is 0.323 e. The fourth-order valence-corrected chi connectivity index (χ4v) is 17.9. The fourth-order valence-electron chi connectivity index (χ4n) is 6.25. The summed E-state index contributed by atoms with van der Waals surface area (Å²) in [6, 6.07) is 0. The predicted molar refractivity (Wildman–Crippen MR) is 173 cm³/mol. The number of hydrogen-bond acceptors (Lipinski definition) is 10. The Balaban J connectivity index is 1.63. The first kappa shape index (κ1) is 38.9. The van der Waals surface area contributed by atoms with Crippen LogP contribution in [0.15, 0.2) is 0 Å². The van der Waals surface area contributed by atoms with Gasteiger partial charge in [0.1, 0.15) is 11.2 Å². The molecule has 0 radical (unpaired) electrons. The lowest BCUT2D eigenvalue weighted by Crippen LogP contribution is -2.54. The van der Waals surface area contributed by atoms with Crippen LogP contribution >= 0.6 is 0 Å². The predicted octanol–water partition coefficient (Wildman–Crippen LogP) is 4.99. The molecule has 0 unspecified atom stereocenters. The van der Waals surface area contributed by atoms with Crippen molar-refractivity contribution in [2.75, 3.05) is 26.4 Å². The number of hydrogen-bond donors (Lipinski definition) is 2. The van der Waals surface area contributed by atoms with Crippen LogP contribution in [0.25, 0.3) is 0 Å². The van der Waals surface area contributed by atoms with E-state index in [1.54, 1.807) is 27.7 Å². The smallest absolute Gasteiger partial charge is 0.323 e. The topological polar surface area (TPSA) is 130 Å². The maximum absolute atomic E-state index is 12.3. The van der Waals surface area contributed by atoms with Crippen LogP contribution in [-0.4, -0.2) is 97.3 Å². The van der Waals surface area contributed by atoms with Gasteiger partial charge in [-0.3, -0.25) is 9.59 Å². The van der Waals surface area contributed by atoms with Gasteiger partial charge in [-0.25, -0.2) is 0 Å². The Kier molecular flexibility index (Phi) is 14.4. The minimum atomic E-state index is -2.54. The highest BCUT2D eigenvalue weighted by molar-refractivity contribution is 6.84. The van der Waals surface area contributed by atoms with Crippen molar-refractivity contribution in [2.24, 2.45) is 11.8 Å². The van der Waals surface area contributed by atoms with Crippen LogP contribution in [0.2, 0.25) is 39.3 Å². The third-order valence-corrected chi connectivity index (χ3v) is 17.7. The lowest BCUT2D eigenvalue weighted by atomic mass is 9.80. The molecule has 0 saturated heterocycles. The molecule has 0 aliphatic heterocycles. The molecular weight excluding hydrogens is 605 g/mol. The minimum Gasteiger partial charge on any atom is -0.415 e. The summed E-state index contributed by atoms with van der Waals surface area (Å²) in [5, 5.41) is 20.0. The summed E-state index contributed by atoms with van der Waals surface area (Å²) < 4.78 is 37.3. The van der Waals surface area contributed by atoms with Crippen molar-refractivity contribution in [3.8, 4) is 0 Å². The fraction of sp³-hybridized carbons (Fsp3) is 0.933. The molecule has 0 heterocycles. The van der Waals surface area contributed by atoms with Crippen LogP contribution in [0.4, 0.5) is 0 Å². The van der Waals surface area contributed by atoms with Gasteiger partial charge in [-0.2, -0.15) is 0 Å². The van der Waals surface area contributed by atoms with Crippen LogP contribution < -0.4 is 0 Å². The summed E-state index contributed by atoms with van der Waals surface area (Å²) >= 11 is 0. The molecule has 2 aliphatic rings. The van der Waals surface area contributed by atoms with Crippen LogP contribution in [0.3, 0.4) is 0 Å². The van der Waals surface area contributed by atoms with E-state index < -0.39 is 36.9 Å². The lowest BCUT2D eigenvalue weighted by Gasteiger charge is -2.37. The summed E-state index contributed by atoms with van der Waals surface area (Å²) in [5.74, 6) is -0.322. The molecule has 0 bridgehead atoms. The number of aliphatic hydroxyl groups is 2. The quantitative estimate of drug-likeness (QED) is 0.153. The first-order valence-electron chi connectivity index (χ1n) is 16.0. The van der Waals surface area contributed by atoms with Gasteiger partial charge >= 0.3 is 25.7 Å². The number of carbonyl (C=O) groups is 2. The Morgan fingerprint density at radius 1 is 0.558 bits per heavy atom. The van der Waals surface area contributed by atoms with Crippen LogP contribution in [0, 0.1) is 11.8 Å². The molecule has 0 atom stereocenters. The molecular formula is C30H60O10Si3. The average molecular weight is 665 g/mol. The van der Waals surface area contributed by atoms with Crippen molar-refractivity contribution in [1.82, 2.24) is 0 Å². The molecule has 2 aliphatic carbocycles. The van der Waals surface area contributed by atoms with E-state index in [0.29, 0.717) is 26.4 Å².